The highest BCUT2D eigenvalue weighted by atomic mass is 16.5. The predicted molar refractivity (Wildman–Crippen MR) is 103 cm³/mol. The lowest BCUT2D eigenvalue weighted by molar-refractivity contribution is 0.109. The van der Waals surface area contributed by atoms with E-state index in [-0.39, 0.29) is 0 Å². The molecule has 0 spiro atoms. The van der Waals surface area contributed by atoms with Gasteiger partial charge in [-0.2, -0.15) is 0 Å². The molecule has 0 aromatic heterocycles. The first kappa shape index (κ1) is 17.8. The van der Waals surface area contributed by atoms with Crippen molar-refractivity contribution < 1.29 is 9.84 Å². The van der Waals surface area contributed by atoms with Crippen LogP contribution in [0.4, 0.5) is 5.69 Å². The van der Waals surface area contributed by atoms with Crippen molar-refractivity contribution in [3.63, 3.8) is 0 Å². The maximum atomic E-state index is 10.5. The van der Waals surface area contributed by atoms with Gasteiger partial charge in [-0.3, -0.25) is 4.90 Å². The van der Waals surface area contributed by atoms with Crippen LogP contribution in [0.15, 0.2) is 42.5 Å². The van der Waals surface area contributed by atoms with E-state index in [1.54, 1.807) is 7.11 Å². The van der Waals surface area contributed by atoms with Crippen LogP contribution in [0.5, 0.6) is 5.75 Å². The Bertz CT molecular complexity index is 692. The number of anilines is 1. The molecule has 0 aliphatic carbocycles. The van der Waals surface area contributed by atoms with E-state index >= 15 is 0 Å². The van der Waals surface area contributed by atoms with Gasteiger partial charge in [0.25, 0.3) is 0 Å². The van der Waals surface area contributed by atoms with Crippen molar-refractivity contribution in [2.45, 2.75) is 20.0 Å². The number of ether oxygens (including phenoxy) is 1. The number of piperazine rings is 1. The minimum absolute atomic E-state index is 0.460. The van der Waals surface area contributed by atoms with Crippen molar-refractivity contribution in [1.29, 1.82) is 0 Å². The Morgan fingerprint density at radius 3 is 2.32 bits per heavy atom. The van der Waals surface area contributed by atoms with Gasteiger partial charge in [-0.1, -0.05) is 24.3 Å². The molecule has 1 saturated heterocycles. The van der Waals surface area contributed by atoms with E-state index in [9.17, 15) is 5.11 Å². The van der Waals surface area contributed by atoms with E-state index in [1.807, 2.05) is 24.3 Å². The molecule has 0 radical (unpaired) electrons. The van der Waals surface area contributed by atoms with Crippen LogP contribution >= 0.6 is 0 Å². The number of β-amino-alcohol motifs (C(OH)–C–C–N with tert-alkyl or cyclic N) is 1. The molecule has 0 amide bonds. The van der Waals surface area contributed by atoms with Gasteiger partial charge < -0.3 is 14.7 Å². The van der Waals surface area contributed by atoms with Gasteiger partial charge >= 0.3 is 0 Å². The Balaban J connectivity index is 1.56. The summed E-state index contributed by atoms with van der Waals surface area (Å²) in [4.78, 5) is 4.80. The zero-order valence-electron chi connectivity index (χ0n) is 15.4. The number of aliphatic hydroxyl groups is 1. The molecule has 1 atom stereocenters. The summed E-state index contributed by atoms with van der Waals surface area (Å²) in [6.45, 7) is 8.98. The molecule has 1 heterocycles. The van der Waals surface area contributed by atoms with Gasteiger partial charge in [0.05, 0.1) is 13.2 Å². The number of aliphatic hydroxyl groups excluding tert-OH is 1. The molecule has 4 heteroatoms. The van der Waals surface area contributed by atoms with Gasteiger partial charge in [-0.15, -0.1) is 0 Å². The summed E-state index contributed by atoms with van der Waals surface area (Å²) < 4.78 is 5.17. The fraction of sp³-hybridized carbons (Fsp3) is 0.429. The second-order valence-electron chi connectivity index (χ2n) is 6.80. The lowest BCUT2D eigenvalue weighted by Crippen LogP contribution is -2.47. The molecule has 0 bridgehead atoms. The Labute approximate surface area is 150 Å². The average Bonchev–Trinajstić information content (AvgIpc) is 2.65. The predicted octanol–water partition coefficient (Wildman–Crippen LogP) is 3.17. The summed E-state index contributed by atoms with van der Waals surface area (Å²) >= 11 is 0. The van der Waals surface area contributed by atoms with E-state index in [4.69, 9.17) is 4.74 Å². The molecule has 134 valence electrons. The summed E-state index contributed by atoms with van der Waals surface area (Å²) in [7, 11) is 1.65. The number of aryl methyl sites for hydroxylation is 1. The largest absolute Gasteiger partial charge is 0.497 e. The molecule has 1 N–H and O–H groups in total. The summed E-state index contributed by atoms with van der Waals surface area (Å²) in [5.41, 5.74) is 5.00. The van der Waals surface area contributed by atoms with Crippen molar-refractivity contribution in [2.24, 2.45) is 0 Å². The molecule has 2 aromatic rings. The van der Waals surface area contributed by atoms with Gasteiger partial charge in [0.2, 0.25) is 0 Å². The van der Waals surface area contributed by atoms with E-state index in [0.29, 0.717) is 6.54 Å². The number of hydrogen-bond acceptors (Lipinski definition) is 4. The van der Waals surface area contributed by atoms with E-state index in [2.05, 4.69) is 41.8 Å². The zero-order chi connectivity index (χ0) is 17.8. The van der Waals surface area contributed by atoms with Crippen molar-refractivity contribution >= 4 is 5.69 Å². The number of nitrogens with zero attached hydrogens (tertiary/aromatic N) is 2. The molecule has 25 heavy (non-hydrogen) atoms. The Hall–Kier alpha value is -2.04. The monoisotopic (exact) mass is 340 g/mol. The molecule has 0 saturated carbocycles. The van der Waals surface area contributed by atoms with Crippen LogP contribution in [0.2, 0.25) is 0 Å². The lowest BCUT2D eigenvalue weighted by atomic mass is 10.1. The van der Waals surface area contributed by atoms with Crippen molar-refractivity contribution in [3.05, 3.63) is 59.2 Å². The maximum Gasteiger partial charge on any atom is 0.118 e. The standard InChI is InChI=1S/C21H28N2O2/c1-16-5-4-6-20(17(16)2)23-13-11-22(12-14-23)15-21(24)18-7-9-19(25-3)10-8-18/h4-10,21,24H,11-15H2,1-3H3/t21-/m0/s1. The molecule has 1 aliphatic heterocycles. The van der Waals surface area contributed by atoms with Crippen LogP contribution in [0, 0.1) is 13.8 Å². The van der Waals surface area contributed by atoms with Crippen LogP contribution < -0.4 is 9.64 Å². The molecule has 1 fully saturated rings. The molecule has 0 unspecified atom stereocenters. The zero-order valence-corrected chi connectivity index (χ0v) is 15.4. The van der Waals surface area contributed by atoms with Gasteiger partial charge in [0.1, 0.15) is 5.75 Å². The number of benzene rings is 2. The summed E-state index contributed by atoms with van der Waals surface area (Å²) in [6.07, 6.45) is -0.460. The third-order valence-corrected chi connectivity index (χ3v) is 5.22. The molecular formula is C21H28N2O2. The van der Waals surface area contributed by atoms with E-state index in [1.165, 1.54) is 16.8 Å². The SMILES string of the molecule is COc1ccc([C@@H](O)CN2CCN(c3cccc(C)c3C)CC2)cc1. The van der Waals surface area contributed by atoms with Gasteiger partial charge in [-0.05, 0) is 48.7 Å². The molecule has 2 aromatic carbocycles. The Kier molecular flexibility index (Phi) is 5.61. The molecule has 1 aliphatic rings. The Morgan fingerprint density at radius 1 is 1.00 bits per heavy atom. The van der Waals surface area contributed by atoms with E-state index < -0.39 is 6.10 Å². The second kappa shape index (κ2) is 7.89. The quantitative estimate of drug-likeness (QED) is 0.907. The van der Waals surface area contributed by atoms with Gasteiger partial charge in [0.15, 0.2) is 0 Å². The molecule has 3 rings (SSSR count). The van der Waals surface area contributed by atoms with Gasteiger partial charge in [0, 0.05) is 38.4 Å². The highest BCUT2D eigenvalue weighted by Gasteiger charge is 2.21. The Morgan fingerprint density at radius 2 is 1.68 bits per heavy atom. The molecular weight excluding hydrogens is 312 g/mol. The highest BCUT2D eigenvalue weighted by molar-refractivity contribution is 5.56. The average molecular weight is 340 g/mol. The number of hydrogen-bond donors (Lipinski definition) is 1. The first-order valence-corrected chi connectivity index (χ1v) is 8.94. The smallest absolute Gasteiger partial charge is 0.118 e. The first-order chi connectivity index (χ1) is 12.1. The van der Waals surface area contributed by atoms with Crippen molar-refractivity contribution in [3.8, 4) is 5.75 Å². The van der Waals surface area contributed by atoms with Crippen LogP contribution in [0.25, 0.3) is 0 Å². The third-order valence-electron chi connectivity index (χ3n) is 5.22. The number of rotatable bonds is 5. The third kappa shape index (κ3) is 4.14. The normalized spacial score (nSPS) is 16.7. The fourth-order valence-electron chi connectivity index (χ4n) is 3.43. The summed E-state index contributed by atoms with van der Waals surface area (Å²) in [5.74, 6) is 0.818. The van der Waals surface area contributed by atoms with Gasteiger partial charge in [-0.25, -0.2) is 0 Å². The van der Waals surface area contributed by atoms with Crippen LogP contribution in [0.1, 0.15) is 22.8 Å². The summed E-state index contributed by atoms with van der Waals surface area (Å²) in [5, 5.41) is 10.5. The second-order valence-corrected chi connectivity index (χ2v) is 6.80. The first-order valence-electron chi connectivity index (χ1n) is 8.94. The van der Waals surface area contributed by atoms with Crippen LogP contribution in [0.3, 0.4) is 0 Å². The van der Waals surface area contributed by atoms with Crippen LogP contribution in [-0.2, 0) is 0 Å². The minimum atomic E-state index is -0.460. The minimum Gasteiger partial charge on any atom is -0.497 e. The van der Waals surface area contributed by atoms with Crippen molar-refractivity contribution in [2.75, 3.05) is 44.7 Å². The highest BCUT2D eigenvalue weighted by Crippen LogP contribution is 2.25. The summed E-state index contributed by atoms with van der Waals surface area (Å²) in [6, 6.07) is 14.2. The lowest BCUT2D eigenvalue weighted by Gasteiger charge is -2.37. The van der Waals surface area contributed by atoms with Crippen molar-refractivity contribution in [1.82, 2.24) is 4.90 Å². The molecule has 4 nitrogen and oxygen atoms in total. The topological polar surface area (TPSA) is 35.9 Å². The number of methoxy groups -OCH3 is 1. The van der Waals surface area contributed by atoms with Crippen LogP contribution in [-0.4, -0.2) is 49.8 Å². The van der Waals surface area contributed by atoms with E-state index in [0.717, 1.165) is 37.5 Å². The fourth-order valence-corrected chi connectivity index (χ4v) is 3.43. The maximum absolute atomic E-state index is 10.5.